The van der Waals surface area contributed by atoms with E-state index >= 15 is 0 Å². The Morgan fingerprint density at radius 1 is 0.846 bits per heavy atom. The summed E-state index contributed by atoms with van der Waals surface area (Å²) >= 11 is 0. The highest BCUT2D eigenvalue weighted by Crippen LogP contribution is 2.22. The molecule has 0 aromatic rings. The number of allylic oxidation sites excluding steroid dienone is 2. The highest BCUT2D eigenvalue weighted by Gasteiger charge is 2.24. The minimum atomic E-state index is -0.533. The van der Waals surface area contributed by atoms with Gasteiger partial charge in [-0.3, -0.25) is 0 Å². The molecule has 0 saturated heterocycles. The minimum Gasteiger partial charge on any atom is -0.434 e. The van der Waals surface area contributed by atoms with Gasteiger partial charge in [0.15, 0.2) is 0 Å². The molecule has 0 spiro atoms. The molecule has 0 rings (SSSR count). The van der Waals surface area contributed by atoms with Gasteiger partial charge < -0.3 is 9.47 Å². The first-order chi connectivity index (χ1) is 12.4. The van der Waals surface area contributed by atoms with Gasteiger partial charge in [0.25, 0.3) is 0 Å². The Labute approximate surface area is 162 Å². The molecule has 0 aliphatic rings. The van der Waals surface area contributed by atoms with Crippen LogP contribution in [0, 0.1) is 5.41 Å². The average molecular weight is 369 g/mol. The van der Waals surface area contributed by atoms with Gasteiger partial charge in [-0.25, -0.2) is 4.79 Å². The topological polar surface area (TPSA) is 35.5 Å². The lowest BCUT2D eigenvalue weighted by atomic mass is 9.90. The molecule has 1 unspecified atom stereocenters. The number of hydrogen-bond donors (Lipinski definition) is 0. The van der Waals surface area contributed by atoms with Crippen molar-refractivity contribution in [2.75, 3.05) is 6.61 Å². The van der Waals surface area contributed by atoms with Crippen LogP contribution in [-0.4, -0.2) is 18.9 Å². The van der Waals surface area contributed by atoms with Gasteiger partial charge in [0.1, 0.15) is 6.10 Å². The molecule has 0 radical (unpaired) electrons. The Balaban J connectivity index is 3.34. The van der Waals surface area contributed by atoms with Crippen molar-refractivity contribution in [3.8, 4) is 0 Å². The lowest BCUT2D eigenvalue weighted by Crippen LogP contribution is -2.29. The van der Waals surface area contributed by atoms with Crippen LogP contribution in [0.4, 0.5) is 4.79 Å². The van der Waals surface area contributed by atoms with Crippen LogP contribution >= 0.6 is 0 Å². The lowest BCUT2D eigenvalue weighted by molar-refractivity contribution is -0.00897. The third-order valence-electron chi connectivity index (χ3n) is 4.87. The van der Waals surface area contributed by atoms with Gasteiger partial charge in [-0.05, 0) is 44.4 Å². The first kappa shape index (κ1) is 25.0. The third kappa shape index (κ3) is 16.5. The molecule has 3 heteroatoms. The summed E-state index contributed by atoms with van der Waals surface area (Å²) in [5.41, 5.74) is -0.0523. The van der Waals surface area contributed by atoms with Crippen molar-refractivity contribution in [2.24, 2.45) is 5.41 Å². The Morgan fingerprint density at radius 3 is 1.88 bits per heavy atom. The van der Waals surface area contributed by atoms with E-state index in [4.69, 9.17) is 9.47 Å². The van der Waals surface area contributed by atoms with E-state index in [-0.39, 0.29) is 11.5 Å². The van der Waals surface area contributed by atoms with Gasteiger partial charge in [0.05, 0.1) is 6.61 Å². The average Bonchev–Trinajstić information content (AvgIpc) is 2.57. The number of hydrogen-bond acceptors (Lipinski definition) is 3. The molecule has 0 aliphatic carbocycles. The number of ether oxygens (including phenoxy) is 2. The SMILES string of the molecule is CCCCCCC=CCCCCCCCCOC(=O)OC(C)C(C)(C)C. The van der Waals surface area contributed by atoms with Crippen molar-refractivity contribution in [3.63, 3.8) is 0 Å². The summed E-state index contributed by atoms with van der Waals surface area (Å²) in [5, 5.41) is 0. The molecule has 0 saturated carbocycles. The Morgan fingerprint density at radius 2 is 1.35 bits per heavy atom. The minimum absolute atomic E-state index is 0.0523. The number of rotatable bonds is 15. The van der Waals surface area contributed by atoms with E-state index in [9.17, 15) is 4.79 Å². The third-order valence-corrected chi connectivity index (χ3v) is 4.87. The lowest BCUT2D eigenvalue weighted by Gasteiger charge is -2.26. The summed E-state index contributed by atoms with van der Waals surface area (Å²) in [6, 6.07) is 0. The Kier molecular flexibility index (Phi) is 15.6. The van der Waals surface area contributed by atoms with E-state index in [1.807, 2.05) is 27.7 Å². The zero-order valence-electron chi connectivity index (χ0n) is 18.1. The molecule has 0 aliphatic heterocycles. The Bertz CT molecular complexity index is 355. The highest BCUT2D eigenvalue weighted by atomic mass is 16.7. The van der Waals surface area contributed by atoms with Crippen molar-refractivity contribution >= 4 is 6.16 Å². The number of unbranched alkanes of at least 4 members (excludes halogenated alkanes) is 10. The summed E-state index contributed by atoms with van der Waals surface area (Å²) in [5.74, 6) is 0. The van der Waals surface area contributed by atoms with Gasteiger partial charge in [-0.1, -0.05) is 84.8 Å². The number of carbonyl (C=O) groups is 1. The molecule has 0 aromatic carbocycles. The molecule has 3 nitrogen and oxygen atoms in total. The van der Waals surface area contributed by atoms with E-state index in [1.165, 1.54) is 64.2 Å². The Hall–Kier alpha value is -0.990. The molecule has 0 amide bonds. The van der Waals surface area contributed by atoms with Crippen LogP contribution in [0.2, 0.25) is 0 Å². The predicted molar refractivity (Wildman–Crippen MR) is 112 cm³/mol. The van der Waals surface area contributed by atoms with Gasteiger partial charge in [-0.2, -0.15) is 0 Å². The van der Waals surface area contributed by atoms with Crippen molar-refractivity contribution in [1.82, 2.24) is 0 Å². The van der Waals surface area contributed by atoms with E-state index in [0.29, 0.717) is 6.61 Å². The second kappa shape index (κ2) is 16.2. The van der Waals surface area contributed by atoms with Crippen LogP contribution < -0.4 is 0 Å². The van der Waals surface area contributed by atoms with Crippen LogP contribution in [0.3, 0.4) is 0 Å². The fourth-order valence-electron chi connectivity index (χ4n) is 2.51. The maximum absolute atomic E-state index is 11.6. The molecule has 0 N–H and O–H groups in total. The van der Waals surface area contributed by atoms with Crippen LogP contribution in [-0.2, 0) is 9.47 Å². The van der Waals surface area contributed by atoms with Crippen LogP contribution in [0.5, 0.6) is 0 Å². The predicted octanol–water partition coefficient (Wildman–Crippen LogP) is 7.83. The van der Waals surface area contributed by atoms with Crippen molar-refractivity contribution in [2.45, 2.75) is 118 Å². The number of carbonyl (C=O) groups excluding carboxylic acids is 1. The van der Waals surface area contributed by atoms with Crippen LogP contribution in [0.25, 0.3) is 0 Å². The smallest absolute Gasteiger partial charge is 0.434 e. The monoisotopic (exact) mass is 368 g/mol. The van der Waals surface area contributed by atoms with E-state index < -0.39 is 6.16 Å². The van der Waals surface area contributed by atoms with Crippen molar-refractivity contribution in [1.29, 1.82) is 0 Å². The molecule has 0 heterocycles. The van der Waals surface area contributed by atoms with Gasteiger partial charge in [-0.15, -0.1) is 0 Å². The maximum atomic E-state index is 11.6. The zero-order chi connectivity index (χ0) is 19.7. The van der Waals surface area contributed by atoms with Crippen LogP contribution in [0.1, 0.15) is 112 Å². The maximum Gasteiger partial charge on any atom is 0.508 e. The molecule has 26 heavy (non-hydrogen) atoms. The molecule has 0 bridgehead atoms. The molecule has 0 fully saturated rings. The largest absolute Gasteiger partial charge is 0.508 e. The normalized spacial score (nSPS) is 13.1. The second-order valence-electron chi connectivity index (χ2n) is 8.46. The molecular weight excluding hydrogens is 324 g/mol. The standard InChI is InChI=1S/C23H44O3/c1-6-7-8-9-10-11-12-13-14-15-16-17-18-19-20-25-22(24)26-21(2)23(3,4)5/h11-12,21H,6-10,13-20H2,1-5H3. The summed E-state index contributed by atoms with van der Waals surface area (Å²) in [7, 11) is 0. The summed E-state index contributed by atoms with van der Waals surface area (Å²) in [4.78, 5) is 11.6. The first-order valence-electron chi connectivity index (χ1n) is 10.9. The quantitative estimate of drug-likeness (QED) is 0.168. The van der Waals surface area contributed by atoms with Crippen molar-refractivity contribution in [3.05, 3.63) is 12.2 Å². The molecule has 0 aromatic heterocycles. The summed E-state index contributed by atoms with van der Waals surface area (Å²) in [6.45, 7) is 10.8. The summed E-state index contributed by atoms with van der Waals surface area (Å²) in [6.07, 6.45) is 19.0. The zero-order valence-corrected chi connectivity index (χ0v) is 18.1. The van der Waals surface area contributed by atoms with Gasteiger partial charge >= 0.3 is 6.16 Å². The fourth-order valence-corrected chi connectivity index (χ4v) is 2.51. The summed E-state index contributed by atoms with van der Waals surface area (Å²) < 4.78 is 10.4. The van der Waals surface area contributed by atoms with Crippen LogP contribution in [0.15, 0.2) is 12.2 Å². The van der Waals surface area contributed by atoms with E-state index in [1.54, 1.807) is 0 Å². The second-order valence-corrected chi connectivity index (χ2v) is 8.46. The van der Waals surface area contributed by atoms with Gasteiger partial charge in [0, 0.05) is 0 Å². The first-order valence-corrected chi connectivity index (χ1v) is 10.9. The molecular formula is C23H44O3. The van der Waals surface area contributed by atoms with Gasteiger partial charge in [0.2, 0.25) is 0 Å². The molecule has 154 valence electrons. The van der Waals surface area contributed by atoms with E-state index in [2.05, 4.69) is 19.1 Å². The fraction of sp³-hybridized carbons (Fsp3) is 0.870. The van der Waals surface area contributed by atoms with Crippen molar-refractivity contribution < 1.29 is 14.3 Å². The molecule has 1 atom stereocenters. The van der Waals surface area contributed by atoms with E-state index in [0.717, 1.165) is 12.8 Å². The highest BCUT2D eigenvalue weighted by molar-refractivity contribution is 5.60.